The first-order valence-corrected chi connectivity index (χ1v) is 6.25. The zero-order chi connectivity index (χ0) is 13.8. The minimum absolute atomic E-state index is 0.288. The van der Waals surface area contributed by atoms with Crippen LogP contribution in [0.1, 0.15) is 20.8 Å². The Hall–Kier alpha value is -1.55. The summed E-state index contributed by atoms with van der Waals surface area (Å²) in [7, 11) is 0. The van der Waals surface area contributed by atoms with Crippen LogP contribution >= 0.6 is 0 Å². The molecule has 4 nitrogen and oxygen atoms in total. The lowest BCUT2D eigenvalue weighted by Gasteiger charge is -2.13. The first-order valence-electron chi connectivity index (χ1n) is 6.25. The van der Waals surface area contributed by atoms with Gasteiger partial charge in [0.15, 0.2) is 6.61 Å². The fourth-order valence-corrected chi connectivity index (χ4v) is 1.33. The maximum absolute atomic E-state index is 10.0. The Morgan fingerprint density at radius 3 is 1.94 bits per heavy atom. The van der Waals surface area contributed by atoms with Crippen molar-refractivity contribution in [1.82, 2.24) is 4.90 Å². The Kier molecular flexibility index (Phi) is 9.68. The molecule has 0 fully saturated rings. The molecule has 1 rings (SSSR count). The number of hydrogen-bond acceptors (Lipinski definition) is 3. The van der Waals surface area contributed by atoms with Crippen LogP contribution in [-0.2, 0) is 4.79 Å². The molecule has 0 amide bonds. The van der Waals surface area contributed by atoms with Crippen LogP contribution in [0.4, 0.5) is 0 Å². The van der Waals surface area contributed by atoms with Crippen LogP contribution in [0.25, 0.3) is 0 Å². The molecule has 0 unspecified atom stereocenters. The molecule has 4 heteroatoms. The quantitative estimate of drug-likeness (QED) is 0.846. The second-order valence-electron chi connectivity index (χ2n) is 3.61. The molecule has 0 aliphatic heterocycles. The molecular formula is C14H23NO3. The van der Waals surface area contributed by atoms with Crippen LogP contribution < -0.4 is 4.74 Å². The number of carbonyl (C=O) groups is 1. The molecule has 0 aliphatic rings. The smallest absolute Gasteiger partial charge is 0.341 e. The predicted molar refractivity (Wildman–Crippen MR) is 73.0 cm³/mol. The van der Waals surface area contributed by atoms with Gasteiger partial charge < -0.3 is 14.7 Å². The average Bonchev–Trinajstić information content (AvgIpc) is 2.40. The van der Waals surface area contributed by atoms with Gasteiger partial charge in [-0.1, -0.05) is 39.0 Å². The maximum atomic E-state index is 10.0. The molecule has 102 valence electrons. The van der Waals surface area contributed by atoms with E-state index in [9.17, 15) is 4.79 Å². The molecule has 0 atom stereocenters. The summed E-state index contributed by atoms with van der Waals surface area (Å²) in [6.45, 7) is 9.84. The van der Waals surface area contributed by atoms with Crippen molar-refractivity contribution in [2.24, 2.45) is 0 Å². The van der Waals surface area contributed by atoms with Crippen molar-refractivity contribution in [3.63, 3.8) is 0 Å². The van der Waals surface area contributed by atoms with Crippen molar-refractivity contribution in [1.29, 1.82) is 0 Å². The van der Waals surface area contributed by atoms with Gasteiger partial charge in [-0.25, -0.2) is 4.79 Å². The highest BCUT2D eigenvalue weighted by atomic mass is 16.5. The number of benzene rings is 1. The van der Waals surface area contributed by atoms with Crippen molar-refractivity contribution >= 4 is 5.97 Å². The first kappa shape index (κ1) is 16.4. The summed E-state index contributed by atoms with van der Waals surface area (Å²) >= 11 is 0. The molecule has 0 aromatic heterocycles. The van der Waals surface area contributed by atoms with Crippen molar-refractivity contribution in [2.75, 3.05) is 26.2 Å². The molecule has 1 aromatic rings. The van der Waals surface area contributed by atoms with Crippen LogP contribution in [0, 0.1) is 0 Å². The molecular weight excluding hydrogens is 230 g/mol. The summed E-state index contributed by atoms with van der Waals surface area (Å²) < 4.78 is 4.87. The summed E-state index contributed by atoms with van der Waals surface area (Å²) in [6.07, 6.45) is 0. The van der Waals surface area contributed by atoms with Gasteiger partial charge in [-0.15, -0.1) is 0 Å². The molecule has 0 saturated heterocycles. The van der Waals surface area contributed by atoms with Gasteiger partial charge in [-0.2, -0.15) is 0 Å². The van der Waals surface area contributed by atoms with E-state index >= 15 is 0 Å². The third-order valence-corrected chi connectivity index (χ3v) is 2.45. The van der Waals surface area contributed by atoms with E-state index in [4.69, 9.17) is 9.84 Å². The molecule has 18 heavy (non-hydrogen) atoms. The van der Waals surface area contributed by atoms with Gasteiger partial charge in [-0.3, -0.25) is 0 Å². The molecule has 0 aliphatic carbocycles. The van der Waals surface area contributed by atoms with Crippen LogP contribution in [-0.4, -0.2) is 42.2 Å². The third-order valence-electron chi connectivity index (χ3n) is 2.45. The number of carboxylic acids is 1. The van der Waals surface area contributed by atoms with Crippen molar-refractivity contribution < 1.29 is 14.6 Å². The number of nitrogens with zero attached hydrogens (tertiary/aromatic N) is 1. The zero-order valence-electron chi connectivity index (χ0n) is 11.4. The second kappa shape index (κ2) is 10.6. The van der Waals surface area contributed by atoms with E-state index < -0.39 is 5.97 Å². The summed E-state index contributed by atoms with van der Waals surface area (Å²) in [5.41, 5.74) is 0. The number of ether oxygens (including phenoxy) is 1. The Bertz CT molecular complexity index is 305. The fraction of sp³-hybridized carbons (Fsp3) is 0.500. The number of rotatable bonds is 6. The monoisotopic (exact) mass is 253 g/mol. The van der Waals surface area contributed by atoms with Gasteiger partial charge in [-0.05, 0) is 31.8 Å². The van der Waals surface area contributed by atoms with Crippen LogP contribution in [0.5, 0.6) is 5.75 Å². The Labute approximate surface area is 109 Å². The summed E-state index contributed by atoms with van der Waals surface area (Å²) in [5, 5.41) is 8.25. The molecule has 1 aromatic carbocycles. The topological polar surface area (TPSA) is 49.8 Å². The SMILES string of the molecule is CCN(CC)CC.O=C(O)COc1ccccc1. The number of aliphatic carboxylic acids is 1. The Morgan fingerprint density at radius 1 is 1.11 bits per heavy atom. The third kappa shape index (κ3) is 8.58. The lowest BCUT2D eigenvalue weighted by Crippen LogP contribution is -2.21. The van der Waals surface area contributed by atoms with E-state index in [1.54, 1.807) is 24.3 Å². The largest absolute Gasteiger partial charge is 0.482 e. The molecule has 0 bridgehead atoms. The van der Waals surface area contributed by atoms with E-state index in [1.807, 2.05) is 6.07 Å². The van der Waals surface area contributed by atoms with E-state index in [0.29, 0.717) is 5.75 Å². The van der Waals surface area contributed by atoms with Crippen molar-refractivity contribution in [3.8, 4) is 5.75 Å². The molecule has 0 spiro atoms. The highest BCUT2D eigenvalue weighted by Gasteiger charge is 1.96. The van der Waals surface area contributed by atoms with Gasteiger partial charge in [0, 0.05) is 0 Å². The number of hydrogen-bond donors (Lipinski definition) is 1. The maximum Gasteiger partial charge on any atom is 0.341 e. The van der Waals surface area contributed by atoms with E-state index in [2.05, 4.69) is 25.7 Å². The van der Waals surface area contributed by atoms with E-state index in [1.165, 1.54) is 19.6 Å². The van der Waals surface area contributed by atoms with Crippen LogP contribution in [0.15, 0.2) is 30.3 Å². The number of para-hydroxylation sites is 1. The predicted octanol–water partition coefficient (Wildman–Crippen LogP) is 2.50. The van der Waals surface area contributed by atoms with E-state index in [-0.39, 0.29) is 6.61 Å². The summed E-state index contributed by atoms with van der Waals surface area (Å²) in [5.74, 6) is -0.385. The van der Waals surface area contributed by atoms with Gasteiger partial charge in [0.25, 0.3) is 0 Å². The Balaban J connectivity index is 0.000000360. The van der Waals surface area contributed by atoms with E-state index in [0.717, 1.165) is 0 Å². The van der Waals surface area contributed by atoms with Crippen LogP contribution in [0.3, 0.4) is 0 Å². The molecule has 0 radical (unpaired) electrons. The summed E-state index contributed by atoms with van der Waals surface area (Å²) in [4.78, 5) is 12.4. The summed E-state index contributed by atoms with van der Waals surface area (Å²) in [6, 6.07) is 8.84. The lowest BCUT2D eigenvalue weighted by atomic mass is 10.3. The zero-order valence-corrected chi connectivity index (χ0v) is 11.4. The normalized spacial score (nSPS) is 9.56. The van der Waals surface area contributed by atoms with Gasteiger partial charge in [0.1, 0.15) is 5.75 Å². The molecule has 0 saturated carbocycles. The minimum Gasteiger partial charge on any atom is -0.482 e. The number of carboxylic acid groups (broad SMARTS) is 1. The van der Waals surface area contributed by atoms with Crippen LogP contribution in [0.2, 0.25) is 0 Å². The Morgan fingerprint density at radius 2 is 1.61 bits per heavy atom. The van der Waals surface area contributed by atoms with Gasteiger partial charge in [0.2, 0.25) is 0 Å². The second-order valence-corrected chi connectivity index (χ2v) is 3.61. The average molecular weight is 253 g/mol. The highest BCUT2D eigenvalue weighted by molar-refractivity contribution is 5.68. The first-order chi connectivity index (χ1) is 8.63. The lowest BCUT2D eigenvalue weighted by molar-refractivity contribution is -0.139. The van der Waals surface area contributed by atoms with Gasteiger partial charge in [0.05, 0.1) is 0 Å². The van der Waals surface area contributed by atoms with Crippen molar-refractivity contribution in [3.05, 3.63) is 30.3 Å². The van der Waals surface area contributed by atoms with Crippen molar-refractivity contribution in [2.45, 2.75) is 20.8 Å². The highest BCUT2D eigenvalue weighted by Crippen LogP contribution is 2.07. The molecule has 1 N–H and O–H groups in total. The molecule has 0 heterocycles. The standard InChI is InChI=1S/C8H8O3.C6H15N/c9-8(10)6-11-7-4-2-1-3-5-7;1-4-7(5-2)6-3/h1-5H,6H2,(H,9,10);4-6H2,1-3H3. The van der Waals surface area contributed by atoms with Gasteiger partial charge >= 0.3 is 5.97 Å². The fourth-order valence-electron chi connectivity index (χ4n) is 1.33. The minimum atomic E-state index is -0.964.